The van der Waals surface area contributed by atoms with Crippen molar-refractivity contribution in [3.8, 4) is 0 Å². The van der Waals surface area contributed by atoms with Gasteiger partial charge in [-0.1, -0.05) is 47.7 Å². The molecule has 156 valence electrons. The molecule has 0 saturated carbocycles. The Labute approximate surface area is 180 Å². The zero-order valence-corrected chi connectivity index (χ0v) is 18.1. The van der Waals surface area contributed by atoms with E-state index in [0.29, 0.717) is 11.0 Å². The highest BCUT2D eigenvalue weighted by Crippen LogP contribution is 2.33. The largest absolute Gasteiger partial charge is 0.325 e. The van der Waals surface area contributed by atoms with E-state index < -0.39 is 0 Å². The van der Waals surface area contributed by atoms with Gasteiger partial charge in [0.25, 0.3) is 0 Å². The summed E-state index contributed by atoms with van der Waals surface area (Å²) in [7, 11) is 0. The molecule has 8 heteroatoms. The van der Waals surface area contributed by atoms with Gasteiger partial charge in [-0.25, -0.2) is 10.4 Å². The van der Waals surface area contributed by atoms with Crippen LogP contribution in [0.1, 0.15) is 18.1 Å². The van der Waals surface area contributed by atoms with E-state index in [9.17, 15) is 4.79 Å². The second-order valence-corrected chi connectivity index (χ2v) is 8.61. The maximum Gasteiger partial charge on any atom is 0.234 e. The fourth-order valence-electron chi connectivity index (χ4n) is 3.71. The number of aliphatic imine (C=N–C) groups is 1. The number of amidine groups is 2. The van der Waals surface area contributed by atoms with Gasteiger partial charge in [0.05, 0.1) is 17.4 Å². The third-order valence-electron chi connectivity index (χ3n) is 5.36. The Morgan fingerprint density at radius 1 is 1.17 bits per heavy atom. The Morgan fingerprint density at radius 2 is 1.90 bits per heavy atom. The molecule has 2 aliphatic heterocycles. The molecule has 4 rings (SSSR count). The van der Waals surface area contributed by atoms with Crippen LogP contribution in [-0.2, 0) is 4.79 Å². The number of rotatable bonds is 4. The van der Waals surface area contributed by atoms with E-state index in [2.05, 4.69) is 16.2 Å². The number of para-hydroxylation sites is 1. The second-order valence-electron chi connectivity index (χ2n) is 7.67. The molecular formula is C22H26N6OS. The van der Waals surface area contributed by atoms with E-state index >= 15 is 0 Å². The molecule has 2 heterocycles. The van der Waals surface area contributed by atoms with Crippen molar-refractivity contribution in [3.05, 3.63) is 59.7 Å². The first-order valence-corrected chi connectivity index (χ1v) is 10.9. The molecule has 2 aromatic rings. The van der Waals surface area contributed by atoms with Crippen LogP contribution in [0.4, 0.5) is 11.4 Å². The van der Waals surface area contributed by atoms with Gasteiger partial charge in [-0.15, -0.1) is 0 Å². The number of nitrogens with one attached hydrogen (secondary N) is 4. The van der Waals surface area contributed by atoms with E-state index in [1.54, 1.807) is 0 Å². The third kappa shape index (κ3) is 4.12. The predicted octanol–water partition coefficient (Wildman–Crippen LogP) is 3.27. The van der Waals surface area contributed by atoms with Crippen molar-refractivity contribution in [1.29, 1.82) is 5.41 Å². The van der Waals surface area contributed by atoms with Crippen LogP contribution in [0, 0.1) is 25.2 Å². The lowest BCUT2D eigenvalue weighted by molar-refractivity contribution is -0.113. The lowest BCUT2D eigenvalue weighted by Crippen LogP contribution is -2.50. The molecule has 0 aliphatic carbocycles. The summed E-state index contributed by atoms with van der Waals surface area (Å²) in [5, 5.41) is 12.5. The number of carbonyl (C=O) groups is 1. The topological polar surface area (TPSA) is 92.6 Å². The molecule has 4 N–H and O–H groups in total. The molecule has 7 nitrogen and oxygen atoms in total. The van der Waals surface area contributed by atoms with E-state index in [1.165, 1.54) is 11.8 Å². The zero-order chi connectivity index (χ0) is 21.3. The van der Waals surface area contributed by atoms with Crippen LogP contribution in [0.5, 0.6) is 0 Å². The van der Waals surface area contributed by atoms with Gasteiger partial charge in [0.15, 0.2) is 5.17 Å². The zero-order valence-electron chi connectivity index (χ0n) is 17.3. The first-order valence-electron chi connectivity index (χ1n) is 9.96. The smallest absolute Gasteiger partial charge is 0.234 e. The van der Waals surface area contributed by atoms with Gasteiger partial charge in [-0.3, -0.25) is 20.5 Å². The van der Waals surface area contributed by atoms with E-state index in [0.717, 1.165) is 22.5 Å². The summed E-state index contributed by atoms with van der Waals surface area (Å²) in [4.78, 5) is 19.3. The van der Waals surface area contributed by atoms with Gasteiger partial charge in [-0.05, 0) is 44.5 Å². The van der Waals surface area contributed by atoms with Gasteiger partial charge in [0.1, 0.15) is 12.0 Å². The molecule has 0 bridgehead atoms. The first-order chi connectivity index (χ1) is 14.4. The van der Waals surface area contributed by atoms with Crippen LogP contribution >= 0.6 is 11.8 Å². The van der Waals surface area contributed by atoms with Crippen LogP contribution in [0.3, 0.4) is 0 Å². The number of aryl methyl sites for hydroxylation is 2. The SMILES string of the molecule is Cc1ccc(NC(=O)CSC2=NC3NNC(C)C3C(=N)N2c2ccccc2C)cc1. The van der Waals surface area contributed by atoms with Gasteiger partial charge in [0, 0.05) is 11.7 Å². The Balaban J connectivity index is 1.55. The predicted molar refractivity (Wildman–Crippen MR) is 124 cm³/mol. The Bertz CT molecular complexity index is 989. The number of benzene rings is 2. The second kappa shape index (κ2) is 8.59. The third-order valence-corrected chi connectivity index (χ3v) is 6.31. The molecule has 2 aliphatic rings. The normalized spacial score (nSPS) is 23.2. The van der Waals surface area contributed by atoms with Crippen molar-refractivity contribution >= 4 is 40.0 Å². The fourth-order valence-corrected chi connectivity index (χ4v) is 4.56. The minimum absolute atomic E-state index is 0.0738. The molecule has 30 heavy (non-hydrogen) atoms. The van der Waals surface area contributed by atoms with Crippen LogP contribution in [0.25, 0.3) is 0 Å². The van der Waals surface area contributed by atoms with Crippen LogP contribution in [0.2, 0.25) is 0 Å². The summed E-state index contributed by atoms with van der Waals surface area (Å²) in [6.45, 7) is 6.08. The van der Waals surface area contributed by atoms with Crippen LogP contribution < -0.4 is 21.1 Å². The van der Waals surface area contributed by atoms with Crippen LogP contribution in [0.15, 0.2) is 53.5 Å². The fraction of sp³-hybridized carbons (Fsp3) is 0.318. The molecule has 1 saturated heterocycles. The van der Waals surface area contributed by atoms with Gasteiger partial charge in [-0.2, -0.15) is 0 Å². The molecule has 3 unspecified atom stereocenters. The van der Waals surface area contributed by atoms with Gasteiger partial charge >= 0.3 is 0 Å². The Morgan fingerprint density at radius 3 is 2.63 bits per heavy atom. The quantitative estimate of drug-likeness (QED) is 0.607. The maximum absolute atomic E-state index is 12.5. The van der Waals surface area contributed by atoms with E-state index in [-0.39, 0.29) is 29.8 Å². The number of anilines is 2. The highest BCUT2D eigenvalue weighted by Gasteiger charge is 2.44. The molecule has 2 aromatic carbocycles. The standard InChI is InChI=1S/C22H26N6OS/c1-13-8-10-16(11-9-13)24-18(29)12-30-22-25-21-19(15(3)26-27-21)20(23)28(22)17-7-5-4-6-14(17)2/h4-11,15,19,21,23,26-27H,12H2,1-3H3,(H,24,29). The number of hydrazine groups is 1. The average molecular weight is 423 g/mol. The average Bonchev–Trinajstić information content (AvgIpc) is 3.10. The summed E-state index contributed by atoms with van der Waals surface area (Å²) in [5.41, 5.74) is 10.3. The van der Waals surface area contributed by atoms with Crippen molar-refractivity contribution in [3.63, 3.8) is 0 Å². The van der Waals surface area contributed by atoms with Crippen molar-refractivity contribution in [1.82, 2.24) is 10.9 Å². The van der Waals surface area contributed by atoms with Gasteiger partial charge < -0.3 is 5.32 Å². The molecule has 0 spiro atoms. The molecular weight excluding hydrogens is 396 g/mol. The molecule has 0 aromatic heterocycles. The number of fused-ring (bicyclic) bond motifs is 1. The monoisotopic (exact) mass is 422 g/mol. The van der Waals surface area contributed by atoms with E-state index in [4.69, 9.17) is 10.4 Å². The highest BCUT2D eigenvalue weighted by atomic mass is 32.2. The lowest BCUT2D eigenvalue weighted by atomic mass is 9.96. The Kier molecular flexibility index (Phi) is 5.90. The molecule has 3 atom stereocenters. The van der Waals surface area contributed by atoms with Crippen molar-refractivity contribution in [2.24, 2.45) is 10.9 Å². The minimum atomic E-state index is -0.213. The summed E-state index contributed by atoms with van der Waals surface area (Å²) in [6, 6.07) is 15.8. The number of hydrogen-bond acceptors (Lipinski definition) is 6. The van der Waals surface area contributed by atoms with Crippen molar-refractivity contribution in [2.45, 2.75) is 33.0 Å². The molecule has 1 amide bonds. The first kappa shape index (κ1) is 20.6. The van der Waals surface area contributed by atoms with Crippen molar-refractivity contribution in [2.75, 3.05) is 16.0 Å². The summed E-state index contributed by atoms with van der Waals surface area (Å²) in [6.07, 6.45) is -0.213. The summed E-state index contributed by atoms with van der Waals surface area (Å²) >= 11 is 1.35. The molecule has 0 radical (unpaired) electrons. The van der Waals surface area contributed by atoms with Gasteiger partial charge in [0.2, 0.25) is 5.91 Å². The van der Waals surface area contributed by atoms with E-state index in [1.807, 2.05) is 74.2 Å². The Hall–Kier alpha value is -2.68. The maximum atomic E-state index is 12.5. The number of amides is 1. The number of thioether (sulfide) groups is 1. The van der Waals surface area contributed by atoms with Crippen LogP contribution in [-0.4, -0.2) is 34.9 Å². The van der Waals surface area contributed by atoms with Crippen molar-refractivity contribution < 1.29 is 4.79 Å². The number of carbonyl (C=O) groups excluding carboxylic acids is 1. The summed E-state index contributed by atoms with van der Waals surface area (Å²) in [5.74, 6) is 0.518. The molecule has 1 fully saturated rings. The number of nitrogens with zero attached hydrogens (tertiary/aromatic N) is 2. The highest BCUT2D eigenvalue weighted by molar-refractivity contribution is 8.14. The summed E-state index contributed by atoms with van der Waals surface area (Å²) < 4.78 is 0. The number of hydrogen-bond donors (Lipinski definition) is 4. The minimum Gasteiger partial charge on any atom is -0.325 e. The lowest BCUT2D eigenvalue weighted by Gasteiger charge is -2.36.